The average Bonchev–Trinajstić information content (AvgIpc) is 2.75. The van der Waals surface area contributed by atoms with Crippen molar-refractivity contribution in [2.24, 2.45) is 0 Å². The topological polar surface area (TPSA) is 28.2 Å². The molecule has 94 valence electrons. The number of aromatic nitrogens is 1. The van der Waals surface area contributed by atoms with Gasteiger partial charge in [-0.05, 0) is 45.7 Å². The maximum Gasteiger partial charge on any atom is 0.0415 e. The van der Waals surface area contributed by atoms with Crippen molar-refractivity contribution in [1.82, 2.24) is 10.3 Å². The molecule has 0 aromatic carbocycles. The van der Waals surface area contributed by atoms with Crippen LogP contribution in [0.2, 0.25) is 0 Å². The van der Waals surface area contributed by atoms with Gasteiger partial charge >= 0.3 is 0 Å². The first-order valence-corrected chi connectivity index (χ1v) is 6.48. The largest absolute Gasteiger partial charge is 0.367 e. The molecule has 1 aromatic rings. The van der Waals surface area contributed by atoms with Gasteiger partial charge in [0.2, 0.25) is 0 Å². The Kier molecular flexibility index (Phi) is 3.67. The molecule has 0 amide bonds. The number of rotatable bonds is 3. The molecule has 1 N–H and O–H groups in total. The molecule has 0 aliphatic carbocycles. The Labute approximate surface area is 104 Å². The van der Waals surface area contributed by atoms with Crippen LogP contribution < -0.4 is 10.2 Å². The zero-order valence-corrected chi connectivity index (χ0v) is 11.1. The van der Waals surface area contributed by atoms with Gasteiger partial charge in [0.15, 0.2) is 0 Å². The van der Waals surface area contributed by atoms with Crippen molar-refractivity contribution in [2.75, 3.05) is 18.0 Å². The standard InChI is InChI=1S/C14H23N3/c1-14(2,3)16-11-13-5-4-10-17(13)12-6-8-15-9-7-12/h6-9,13,16H,4-5,10-11H2,1-3H3. The van der Waals surface area contributed by atoms with E-state index >= 15 is 0 Å². The number of nitrogens with one attached hydrogen (secondary N) is 1. The second-order valence-electron chi connectivity index (χ2n) is 5.83. The van der Waals surface area contributed by atoms with Gasteiger partial charge in [-0.25, -0.2) is 0 Å². The lowest BCUT2D eigenvalue weighted by Gasteiger charge is -2.30. The zero-order valence-electron chi connectivity index (χ0n) is 11.1. The number of hydrogen-bond donors (Lipinski definition) is 1. The Morgan fingerprint density at radius 2 is 2.06 bits per heavy atom. The molecule has 0 saturated carbocycles. The minimum atomic E-state index is 0.201. The lowest BCUT2D eigenvalue weighted by Crippen LogP contribution is -2.45. The molecule has 3 nitrogen and oxygen atoms in total. The van der Waals surface area contributed by atoms with Crippen molar-refractivity contribution >= 4 is 5.69 Å². The van der Waals surface area contributed by atoms with Gasteiger partial charge in [0.05, 0.1) is 0 Å². The lowest BCUT2D eigenvalue weighted by atomic mass is 10.1. The fourth-order valence-electron chi connectivity index (χ4n) is 2.35. The van der Waals surface area contributed by atoms with Crippen molar-refractivity contribution in [1.29, 1.82) is 0 Å². The number of nitrogens with zero attached hydrogens (tertiary/aromatic N) is 2. The third kappa shape index (κ3) is 3.43. The molecule has 0 radical (unpaired) electrons. The fraction of sp³-hybridized carbons (Fsp3) is 0.643. The highest BCUT2D eigenvalue weighted by Crippen LogP contribution is 2.24. The van der Waals surface area contributed by atoms with Crippen LogP contribution in [-0.2, 0) is 0 Å². The van der Waals surface area contributed by atoms with Gasteiger partial charge in [0.25, 0.3) is 0 Å². The van der Waals surface area contributed by atoms with Crippen LogP contribution in [0, 0.1) is 0 Å². The van der Waals surface area contributed by atoms with Crippen LogP contribution >= 0.6 is 0 Å². The first-order chi connectivity index (χ1) is 8.06. The van der Waals surface area contributed by atoms with Crippen molar-refractivity contribution < 1.29 is 0 Å². The SMILES string of the molecule is CC(C)(C)NCC1CCCN1c1ccncc1. The highest BCUT2D eigenvalue weighted by molar-refractivity contribution is 5.46. The van der Waals surface area contributed by atoms with Gasteiger partial charge in [-0.1, -0.05) is 0 Å². The van der Waals surface area contributed by atoms with E-state index in [4.69, 9.17) is 0 Å². The van der Waals surface area contributed by atoms with Crippen molar-refractivity contribution in [2.45, 2.75) is 45.2 Å². The molecule has 2 rings (SSSR count). The molecule has 2 heterocycles. The first kappa shape index (κ1) is 12.4. The quantitative estimate of drug-likeness (QED) is 0.869. The molecular weight excluding hydrogens is 210 g/mol. The van der Waals surface area contributed by atoms with Crippen molar-refractivity contribution in [3.63, 3.8) is 0 Å². The van der Waals surface area contributed by atoms with E-state index in [2.05, 4.69) is 48.1 Å². The third-order valence-corrected chi connectivity index (χ3v) is 3.24. The monoisotopic (exact) mass is 233 g/mol. The maximum atomic E-state index is 4.08. The summed E-state index contributed by atoms with van der Waals surface area (Å²) in [4.78, 5) is 6.59. The normalized spacial score (nSPS) is 20.9. The molecule has 1 atom stereocenters. The summed E-state index contributed by atoms with van der Waals surface area (Å²) in [7, 11) is 0. The van der Waals surface area contributed by atoms with Gasteiger partial charge in [0, 0.05) is 42.8 Å². The van der Waals surface area contributed by atoms with E-state index in [9.17, 15) is 0 Å². The van der Waals surface area contributed by atoms with Crippen LogP contribution in [0.15, 0.2) is 24.5 Å². The Balaban J connectivity index is 1.98. The summed E-state index contributed by atoms with van der Waals surface area (Å²) < 4.78 is 0. The average molecular weight is 233 g/mol. The summed E-state index contributed by atoms with van der Waals surface area (Å²) >= 11 is 0. The van der Waals surface area contributed by atoms with E-state index in [1.54, 1.807) is 0 Å². The summed E-state index contributed by atoms with van der Waals surface area (Å²) in [5.74, 6) is 0. The molecule has 17 heavy (non-hydrogen) atoms. The molecular formula is C14H23N3. The lowest BCUT2D eigenvalue weighted by molar-refractivity contribution is 0.405. The van der Waals surface area contributed by atoms with Crippen LogP contribution in [0.3, 0.4) is 0 Å². The molecule has 0 spiro atoms. The predicted octanol–water partition coefficient (Wildman–Crippen LogP) is 2.44. The van der Waals surface area contributed by atoms with E-state index in [0.29, 0.717) is 6.04 Å². The van der Waals surface area contributed by atoms with Crippen molar-refractivity contribution in [3.8, 4) is 0 Å². The molecule has 0 bridgehead atoms. The third-order valence-electron chi connectivity index (χ3n) is 3.24. The van der Waals surface area contributed by atoms with E-state index in [0.717, 1.165) is 6.54 Å². The van der Waals surface area contributed by atoms with Gasteiger partial charge in [0.1, 0.15) is 0 Å². The van der Waals surface area contributed by atoms with Gasteiger partial charge in [-0.2, -0.15) is 0 Å². The summed E-state index contributed by atoms with van der Waals surface area (Å²) in [5, 5.41) is 3.61. The Morgan fingerprint density at radius 3 is 2.71 bits per heavy atom. The molecule has 1 saturated heterocycles. The smallest absolute Gasteiger partial charge is 0.0415 e. The minimum Gasteiger partial charge on any atom is -0.367 e. The second kappa shape index (κ2) is 5.05. The Morgan fingerprint density at radius 1 is 1.35 bits per heavy atom. The van der Waals surface area contributed by atoms with Crippen LogP contribution in [0.4, 0.5) is 5.69 Å². The molecule has 1 aromatic heterocycles. The maximum absolute atomic E-state index is 4.08. The molecule has 1 unspecified atom stereocenters. The van der Waals surface area contributed by atoms with E-state index in [1.165, 1.54) is 25.1 Å². The second-order valence-corrected chi connectivity index (χ2v) is 5.83. The Hall–Kier alpha value is -1.09. The summed E-state index contributed by atoms with van der Waals surface area (Å²) in [5.41, 5.74) is 1.50. The summed E-state index contributed by atoms with van der Waals surface area (Å²) in [6.45, 7) is 8.89. The first-order valence-electron chi connectivity index (χ1n) is 6.48. The number of anilines is 1. The minimum absolute atomic E-state index is 0.201. The van der Waals surface area contributed by atoms with E-state index < -0.39 is 0 Å². The van der Waals surface area contributed by atoms with Gasteiger partial charge in [-0.3, -0.25) is 4.98 Å². The van der Waals surface area contributed by atoms with E-state index in [-0.39, 0.29) is 5.54 Å². The van der Waals surface area contributed by atoms with Crippen molar-refractivity contribution in [3.05, 3.63) is 24.5 Å². The van der Waals surface area contributed by atoms with Crippen LogP contribution in [0.25, 0.3) is 0 Å². The highest BCUT2D eigenvalue weighted by Gasteiger charge is 2.25. The Bertz CT molecular complexity index is 342. The molecule has 1 aliphatic rings. The van der Waals surface area contributed by atoms with Crippen LogP contribution in [0.1, 0.15) is 33.6 Å². The number of hydrogen-bond acceptors (Lipinski definition) is 3. The molecule has 1 fully saturated rings. The number of pyridine rings is 1. The van der Waals surface area contributed by atoms with Gasteiger partial charge < -0.3 is 10.2 Å². The summed E-state index contributed by atoms with van der Waals surface area (Å²) in [6, 6.07) is 4.83. The fourth-order valence-corrected chi connectivity index (χ4v) is 2.35. The summed E-state index contributed by atoms with van der Waals surface area (Å²) in [6.07, 6.45) is 6.33. The molecule has 1 aliphatic heterocycles. The predicted molar refractivity (Wildman–Crippen MR) is 72.4 cm³/mol. The van der Waals surface area contributed by atoms with Gasteiger partial charge in [-0.15, -0.1) is 0 Å². The van der Waals surface area contributed by atoms with Crippen LogP contribution in [0.5, 0.6) is 0 Å². The molecule has 3 heteroatoms. The zero-order chi connectivity index (χ0) is 12.3. The van der Waals surface area contributed by atoms with E-state index in [1.807, 2.05) is 12.4 Å². The highest BCUT2D eigenvalue weighted by atomic mass is 15.2. The van der Waals surface area contributed by atoms with Crippen LogP contribution in [-0.4, -0.2) is 29.7 Å².